The van der Waals surface area contributed by atoms with Crippen molar-refractivity contribution in [3.8, 4) is 23.0 Å². The number of para-hydroxylation sites is 2. The molecule has 0 saturated carbocycles. The van der Waals surface area contributed by atoms with E-state index >= 15 is 0 Å². The third kappa shape index (κ3) is 7.32. The maximum Gasteiger partial charge on any atom is 0.187 e. The number of nitrogens with zero attached hydrogens (tertiary/aromatic N) is 2. The van der Waals surface area contributed by atoms with E-state index in [1.165, 1.54) is 6.20 Å². The van der Waals surface area contributed by atoms with Crippen molar-refractivity contribution in [2.75, 3.05) is 0 Å². The Morgan fingerprint density at radius 1 is 0.606 bits per heavy atom. The highest BCUT2D eigenvalue weighted by atomic mass is 16.5. The predicted octanol–water partition coefficient (Wildman–Crippen LogP) is 7.68. The van der Waals surface area contributed by atoms with Crippen molar-refractivity contribution >= 4 is 11.4 Å². The fraction of sp³-hybridized carbons (Fsp3) is 0. The van der Waals surface area contributed by atoms with Gasteiger partial charge < -0.3 is 15.2 Å². The van der Waals surface area contributed by atoms with Gasteiger partial charge in [0.2, 0.25) is 0 Å². The number of benzene rings is 4. The first-order valence-corrected chi connectivity index (χ1v) is 10.0. The van der Waals surface area contributed by atoms with E-state index in [0.29, 0.717) is 11.4 Å². The molecule has 0 radical (unpaired) electrons. The summed E-state index contributed by atoms with van der Waals surface area (Å²) in [6.07, 6.45) is 1.30. The largest absolute Gasteiger partial charge is 0.457 e. The fourth-order valence-corrected chi connectivity index (χ4v) is 2.70. The second kappa shape index (κ2) is 12.0. The molecule has 0 saturated heterocycles. The van der Waals surface area contributed by atoms with Crippen molar-refractivity contribution in [1.82, 2.24) is 0 Å². The second-order valence-electron chi connectivity index (χ2n) is 6.67. The van der Waals surface area contributed by atoms with E-state index in [0.717, 1.165) is 28.6 Å². The Morgan fingerprint density at radius 3 is 1.45 bits per heavy atom. The first-order chi connectivity index (χ1) is 16.2. The van der Waals surface area contributed by atoms with Gasteiger partial charge >= 0.3 is 0 Å². The minimum atomic E-state index is 0.455. The highest BCUT2D eigenvalue weighted by Gasteiger charge is 1.99. The van der Waals surface area contributed by atoms with Crippen LogP contribution in [-0.4, -0.2) is 0 Å². The van der Waals surface area contributed by atoms with Gasteiger partial charge in [-0.1, -0.05) is 60.7 Å². The number of hydrogen-bond acceptors (Lipinski definition) is 3. The lowest BCUT2D eigenvalue weighted by Crippen LogP contribution is -1.95. The molecule has 0 aromatic heterocycles. The lowest BCUT2D eigenvalue weighted by molar-refractivity contribution is 0.482. The van der Waals surface area contributed by atoms with Crippen LogP contribution in [0.25, 0.3) is 15.4 Å². The van der Waals surface area contributed by atoms with Gasteiger partial charge in [0.1, 0.15) is 23.0 Å². The van der Waals surface area contributed by atoms with E-state index in [9.17, 15) is 0 Å². The van der Waals surface area contributed by atoms with Gasteiger partial charge in [-0.15, -0.1) is 0 Å². The van der Waals surface area contributed by atoms with Crippen LogP contribution in [0.4, 0.5) is 5.69 Å². The fourth-order valence-electron chi connectivity index (χ4n) is 2.70. The molecule has 4 aromatic rings. The molecule has 0 heterocycles. The van der Waals surface area contributed by atoms with Crippen LogP contribution in [0.15, 0.2) is 115 Å². The maximum atomic E-state index is 6.82. The molecule has 0 bridgehead atoms. The van der Waals surface area contributed by atoms with Gasteiger partial charge in [0.25, 0.3) is 0 Å². The van der Waals surface area contributed by atoms with E-state index in [1.807, 2.05) is 84.9 Å². The summed E-state index contributed by atoms with van der Waals surface area (Å²) in [5.74, 6) is 3.07. The topological polar surface area (TPSA) is 53.2 Å². The van der Waals surface area contributed by atoms with Crippen LogP contribution < -0.4 is 15.2 Å². The Kier molecular flexibility index (Phi) is 8.25. The number of nitrogens with two attached hydrogens (primary N) is 1. The van der Waals surface area contributed by atoms with Crippen LogP contribution in [-0.2, 0) is 0 Å². The Morgan fingerprint density at radius 2 is 1.03 bits per heavy atom. The zero-order valence-corrected chi connectivity index (χ0v) is 17.8. The molecule has 160 valence electrons. The third-order valence-electron chi connectivity index (χ3n) is 4.31. The molecule has 4 rings (SSSR count). The normalized spacial score (nSPS) is 10.1. The van der Waals surface area contributed by atoms with Gasteiger partial charge in [0.15, 0.2) is 11.9 Å². The van der Waals surface area contributed by atoms with E-state index in [4.69, 9.17) is 28.4 Å². The lowest BCUT2D eigenvalue weighted by Gasteiger charge is -2.06. The van der Waals surface area contributed by atoms with Gasteiger partial charge in [-0.05, 0) is 54.1 Å². The molecule has 0 aliphatic heterocycles. The molecule has 0 spiro atoms. The Balaban J connectivity index is 0.000000189. The van der Waals surface area contributed by atoms with Crippen LogP contribution in [0.1, 0.15) is 5.56 Å². The summed E-state index contributed by atoms with van der Waals surface area (Å²) in [4.78, 5) is 6.45. The van der Waals surface area contributed by atoms with Gasteiger partial charge in [-0.25, -0.2) is 9.69 Å². The van der Waals surface area contributed by atoms with Gasteiger partial charge in [-0.3, -0.25) is 0 Å². The average Bonchev–Trinajstić information content (AvgIpc) is 2.87. The van der Waals surface area contributed by atoms with E-state index in [2.05, 4.69) is 9.69 Å². The van der Waals surface area contributed by atoms with Gasteiger partial charge in [0.05, 0.1) is 13.1 Å². The first-order valence-electron chi connectivity index (χ1n) is 10.0. The molecular formula is C28H21N3O2. The minimum Gasteiger partial charge on any atom is -0.457 e. The summed E-state index contributed by atoms with van der Waals surface area (Å²) in [6, 6.07) is 33.5. The van der Waals surface area contributed by atoms with Crippen LogP contribution in [0.5, 0.6) is 23.0 Å². The molecule has 0 atom stereocenters. The number of ether oxygens (including phenoxy) is 2. The summed E-state index contributed by atoms with van der Waals surface area (Å²) in [6.45, 7) is 13.5. The molecule has 5 nitrogen and oxygen atoms in total. The zero-order valence-electron chi connectivity index (χ0n) is 17.8. The van der Waals surface area contributed by atoms with Crippen LogP contribution in [0, 0.1) is 13.1 Å². The van der Waals surface area contributed by atoms with Crippen LogP contribution in [0.3, 0.4) is 0 Å². The first kappa shape index (κ1) is 22.7. The minimum absolute atomic E-state index is 0.455. The van der Waals surface area contributed by atoms with E-state index in [1.54, 1.807) is 24.3 Å². The standard InChI is InChI=1S/C15H12N2O.C13H9NO/c1-17-11-15(16)12-7-9-14(10-8-12)18-13-5-3-2-4-6-13;1-14-11-7-9-13(10-8-11)15-12-5-3-2-4-6-12/h2-11H,16H2;2-10H/b15-11-;. The van der Waals surface area contributed by atoms with Crippen molar-refractivity contribution in [2.24, 2.45) is 5.73 Å². The van der Waals surface area contributed by atoms with Crippen molar-refractivity contribution in [3.05, 3.63) is 144 Å². The van der Waals surface area contributed by atoms with Crippen molar-refractivity contribution in [2.45, 2.75) is 0 Å². The van der Waals surface area contributed by atoms with E-state index < -0.39 is 0 Å². The van der Waals surface area contributed by atoms with Crippen LogP contribution in [0.2, 0.25) is 0 Å². The molecule has 5 heteroatoms. The molecule has 0 aliphatic rings. The van der Waals surface area contributed by atoms with Gasteiger partial charge in [-0.2, -0.15) is 0 Å². The van der Waals surface area contributed by atoms with Gasteiger partial charge in [0, 0.05) is 5.70 Å². The van der Waals surface area contributed by atoms with Crippen molar-refractivity contribution < 1.29 is 9.47 Å². The summed E-state index contributed by atoms with van der Waals surface area (Å²) in [5.41, 5.74) is 7.60. The summed E-state index contributed by atoms with van der Waals surface area (Å²) < 4.78 is 11.2. The maximum absolute atomic E-state index is 6.82. The number of rotatable bonds is 5. The molecule has 0 fully saturated rings. The Hall–Kier alpha value is -5.00. The lowest BCUT2D eigenvalue weighted by atomic mass is 10.2. The summed E-state index contributed by atoms with van der Waals surface area (Å²) in [5, 5.41) is 0. The molecule has 4 aromatic carbocycles. The molecule has 2 N–H and O–H groups in total. The molecular weight excluding hydrogens is 410 g/mol. The van der Waals surface area contributed by atoms with Crippen molar-refractivity contribution in [1.29, 1.82) is 0 Å². The molecule has 0 aliphatic carbocycles. The quantitative estimate of drug-likeness (QED) is 0.330. The molecule has 0 amide bonds. The summed E-state index contributed by atoms with van der Waals surface area (Å²) >= 11 is 0. The smallest absolute Gasteiger partial charge is 0.187 e. The number of hydrogen-bond donors (Lipinski definition) is 1. The predicted molar refractivity (Wildman–Crippen MR) is 131 cm³/mol. The molecule has 0 unspecified atom stereocenters. The second-order valence-corrected chi connectivity index (χ2v) is 6.67. The SMILES string of the molecule is [C-]#[N+]/C=C(\N)c1ccc(Oc2ccccc2)cc1.[C-]#[N+]c1ccc(Oc2ccccc2)cc1. The molecule has 33 heavy (non-hydrogen) atoms. The Labute approximate surface area is 193 Å². The van der Waals surface area contributed by atoms with E-state index in [-0.39, 0.29) is 0 Å². The monoisotopic (exact) mass is 431 g/mol. The highest BCUT2D eigenvalue weighted by molar-refractivity contribution is 5.64. The highest BCUT2D eigenvalue weighted by Crippen LogP contribution is 2.24. The third-order valence-corrected chi connectivity index (χ3v) is 4.31. The summed E-state index contributed by atoms with van der Waals surface area (Å²) in [7, 11) is 0. The Bertz CT molecular complexity index is 1250. The van der Waals surface area contributed by atoms with Crippen molar-refractivity contribution in [3.63, 3.8) is 0 Å². The zero-order chi connectivity index (χ0) is 23.3. The van der Waals surface area contributed by atoms with Crippen LogP contribution >= 0.6 is 0 Å². The average molecular weight is 431 g/mol.